The van der Waals surface area contributed by atoms with Crippen LogP contribution in [0.5, 0.6) is 0 Å². The molecule has 1 rings (SSSR count). The van der Waals surface area contributed by atoms with E-state index in [-0.39, 0.29) is 37.1 Å². The van der Waals surface area contributed by atoms with Gasteiger partial charge in [0.25, 0.3) is 0 Å². The maximum atomic E-state index is 9.79. The van der Waals surface area contributed by atoms with Crippen molar-refractivity contribution in [3.8, 4) is 0 Å². The fraction of sp³-hybridized carbons (Fsp3) is 1.00. The number of aliphatic hydroxyl groups is 1. The van der Waals surface area contributed by atoms with Crippen LogP contribution in [0, 0.1) is 0 Å². The quantitative estimate of drug-likeness (QED) is 0.478. The Hall–Kier alpha value is -0.280. The van der Waals surface area contributed by atoms with E-state index in [1.54, 1.807) is 0 Å². The van der Waals surface area contributed by atoms with Crippen LogP contribution in [-0.4, -0.2) is 66.8 Å². The zero-order valence-electron chi connectivity index (χ0n) is 16.9. The largest absolute Gasteiger partial charge is 0.395 e. The topological polar surface area (TPSA) is 95.2 Å². The lowest BCUT2D eigenvalue weighted by Gasteiger charge is -2.39. The van der Waals surface area contributed by atoms with Crippen molar-refractivity contribution in [1.82, 2.24) is 5.32 Å². The van der Waals surface area contributed by atoms with Gasteiger partial charge in [0, 0.05) is 13.2 Å². The molecular weight excluding hydrogens is 324 g/mol. The summed E-state index contributed by atoms with van der Waals surface area (Å²) in [6, 6.07) is -0.238. The van der Waals surface area contributed by atoms with Crippen LogP contribution in [0.2, 0.25) is 0 Å². The van der Waals surface area contributed by atoms with Crippen LogP contribution in [-0.2, 0) is 18.9 Å². The molecule has 7 nitrogen and oxygen atoms in total. The minimum Gasteiger partial charge on any atom is -0.395 e. The van der Waals surface area contributed by atoms with E-state index in [0.717, 1.165) is 6.42 Å². The highest BCUT2D eigenvalue weighted by molar-refractivity contribution is 4.98. The van der Waals surface area contributed by atoms with Crippen LogP contribution in [0.3, 0.4) is 0 Å². The number of nitrogens with two attached hydrogens (primary N) is 1. The molecule has 0 aromatic rings. The highest BCUT2D eigenvalue weighted by Gasteiger charge is 2.48. The number of aliphatic hydroxyl groups excluding tert-OH is 1. The summed E-state index contributed by atoms with van der Waals surface area (Å²) in [5.41, 5.74) is 4.75. The van der Waals surface area contributed by atoms with Gasteiger partial charge in [-0.15, -0.1) is 0 Å². The Morgan fingerprint density at radius 2 is 1.80 bits per heavy atom. The van der Waals surface area contributed by atoms with Gasteiger partial charge in [-0.2, -0.15) is 0 Å². The monoisotopic (exact) mass is 362 g/mol. The summed E-state index contributed by atoms with van der Waals surface area (Å²) >= 11 is 0. The Balaban J connectivity index is 3.11. The first-order valence-corrected chi connectivity index (χ1v) is 9.34. The van der Waals surface area contributed by atoms with Crippen LogP contribution < -0.4 is 11.1 Å². The maximum Gasteiger partial charge on any atom is 0.114 e. The van der Waals surface area contributed by atoms with Crippen LogP contribution >= 0.6 is 0 Å². The van der Waals surface area contributed by atoms with E-state index in [0.29, 0.717) is 13.2 Å². The third-order valence-electron chi connectivity index (χ3n) is 4.15. The predicted octanol–water partition coefficient (Wildman–Crippen LogP) is 1.37. The molecule has 1 saturated heterocycles. The van der Waals surface area contributed by atoms with E-state index in [1.807, 2.05) is 48.5 Å². The average molecular weight is 363 g/mol. The fourth-order valence-electron chi connectivity index (χ4n) is 3.38. The van der Waals surface area contributed by atoms with E-state index in [1.165, 1.54) is 0 Å². The van der Waals surface area contributed by atoms with Gasteiger partial charge in [0.05, 0.1) is 18.8 Å². The first-order chi connectivity index (χ1) is 11.6. The first kappa shape index (κ1) is 22.8. The normalized spacial score (nSPS) is 27.2. The van der Waals surface area contributed by atoms with Crippen molar-refractivity contribution >= 4 is 0 Å². The Bertz CT molecular complexity index is 386. The second kappa shape index (κ2) is 9.60. The Morgan fingerprint density at radius 3 is 2.24 bits per heavy atom. The summed E-state index contributed by atoms with van der Waals surface area (Å²) in [4.78, 5) is 0. The molecule has 1 fully saturated rings. The van der Waals surface area contributed by atoms with E-state index < -0.39 is 11.4 Å². The number of hydrogen-bond donors (Lipinski definition) is 3. The lowest BCUT2D eigenvalue weighted by Crippen LogP contribution is -2.55. The molecule has 0 radical (unpaired) electrons. The van der Waals surface area contributed by atoms with Gasteiger partial charge in [-0.25, -0.2) is 0 Å². The molecule has 7 heteroatoms. The Labute approximate surface area is 152 Å². The lowest BCUT2D eigenvalue weighted by molar-refractivity contribution is -0.202. The van der Waals surface area contributed by atoms with Gasteiger partial charge in [-0.3, -0.25) is 5.32 Å². The highest BCUT2D eigenvalue weighted by Crippen LogP contribution is 2.30. The zero-order valence-corrected chi connectivity index (χ0v) is 16.9. The second-order valence-electron chi connectivity index (χ2n) is 7.53. The fourth-order valence-corrected chi connectivity index (χ4v) is 3.38. The van der Waals surface area contributed by atoms with Crippen LogP contribution in [0.1, 0.15) is 54.9 Å². The van der Waals surface area contributed by atoms with E-state index in [9.17, 15) is 5.11 Å². The highest BCUT2D eigenvalue weighted by atomic mass is 16.6. The molecule has 0 aromatic heterocycles. The van der Waals surface area contributed by atoms with Crippen LogP contribution in [0.25, 0.3) is 0 Å². The zero-order chi connectivity index (χ0) is 19.3. The predicted molar refractivity (Wildman–Crippen MR) is 97.2 cm³/mol. The minimum absolute atomic E-state index is 0.0451. The van der Waals surface area contributed by atoms with Crippen LogP contribution in [0.4, 0.5) is 0 Å². The van der Waals surface area contributed by atoms with E-state index >= 15 is 0 Å². The molecule has 0 saturated carbocycles. The van der Waals surface area contributed by atoms with Crippen molar-refractivity contribution in [1.29, 1.82) is 0 Å². The Kier molecular flexibility index (Phi) is 8.74. The summed E-state index contributed by atoms with van der Waals surface area (Å²) in [5, 5.41) is 13.1. The average Bonchev–Trinajstić information content (AvgIpc) is 2.82. The van der Waals surface area contributed by atoms with Crippen molar-refractivity contribution in [2.45, 2.75) is 96.8 Å². The molecule has 5 atom stereocenters. The molecule has 1 aliphatic heterocycles. The van der Waals surface area contributed by atoms with Gasteiger partial charge in [0.1, 0.15) is 29.8 Å². The summed E-state index contributed by atoms with van der Waals surface area (Å²) in [5.74, 6) is 0. The summed E-state index contributed by atoms with van der Waals surface area (Å²) in [6.45, 7) is 14.4. The second-order valence-corrected chi connectivity index (χ2v) is 7.53. The van der Waals surface area contributed by atoms with Crippen LogP contribution in [0.15, 0.2) is 0 Å². The van der Waals surface area contributed by atoms with Crippen molar-refractivity contribution in [3.05, 3.63) is 0 Å². The van der Waals surface area contributed by atoms with Crippen molar-refractivity contribution < 1.29 is 24.1 Å². The van der Waals surface area contributed by atoms with Gasteiger partial charge in [-0.05, 0) is 48.0 Å². The van der Waals surface area contributed by atoms with Crippen molar-refractivity contribution in [2.24, 2.45) is 5.73 Å². The summed E-state index contributed by atoms with van der Waals surface area (Å²) in [7, 11) is 0. The van der Waals surface area contributed by atoms with Gasteiger partial charge in [0.15, 0.2) is 0 Å². The number of nitrogens with one attached hydrogen (secondary N) is 1. The summed E-state index contributed by atoms with van der Waals surface area (Å²) in [6.07, 6.45) is -0.614. The molecule has 5 unspecified atom stereocenters. The van der Waals surface area contributed by atoms with Gasteiger partial charge >= 0.3 is 0 Å². The number of hydrogen-bond acceptors (Lipinski definition) is 7. The van der Waals surface area contributed by atoms with Crippen molar-refractivity contribution in [2.75, 3.05) is 19.8 Å². The SMILES string of the molecule is CCOC(C(CC)OC(C)(C)N)C(OCC)C1OC(C)(C)NC1CO. The molecule has 0 bridgehead atoms. The minimum atomic E-state index is -0.781. The molecule has 1 aliphatic rings. The summed E-state index contributed by atoms with van der Waals surface area (Å²) < 4.78 is 24.3. The smallest absolute Gasteiger partial charge is 0.114 e. The van der Waals surface area contributed by atoms with E-state index in [4.69, 9.17) is 24.7 Å². The maximum absolute atomic E-state index is 9.79. The van der Waals surface area contributed by atoms with Gasteiger partial charge < -0.3 is 29.8 Å². The molecule has 0 aromatic carbocycles. The molecule has 0 spiro atoms. The molecule has 25 heavy (non-hydrogen) atoms. The molecule has 0 amide bonds. The first-order valence-electron chi connectivity index (χ1n) is 9.34. The van der Waals surface area contributed by atoms with Gasteiger partial charge in [-0.1, -0.05) is 6.92 Å². The van der Waals surface area contributed by atoms with E-state index in [2.05, 4.69) is 5.32 Å². The number of rotatable bonds is 11. The Morgan fingerprint density at radius 1 is 1.20 bits per heavy atom. The van der Waals surface area contributed by atoms with Crippen molar-refractivity contribution in [3.63, 3.8) is 0 Å². The third kappa shape index (κ3) is 6.75. The molecular formula is C18H38N2O5. The standard InChI is InChI=1S/C18H38N2O5/c1-8-13(24-17(4,5)19)15(22-9-2)16(23-10-3)14-12(11-21)20-18(6,7)25-14/h12-16,20-21H,8-11,19H2,1-7H3. The van der Waals surface area contributed by atoms with Gasteiger partial charge in [0.2, 0.25) is 0 Å². The molecule has 4 N–H and O–H groups in total. The molecule has 0 aliphatic carbocycles. The molecule has 1 heterocycles. The lowest BCUT2D eigenvalue weighted by atomic mass is 9.96. The third-order valence-corrected chi connectivity index (χ3v) is 4.15. The molecule has 150 valence electrons. The number of ether oxygens (including phenoxy) is 4.